The van der Waals surface area contributed by atoms with Gasteiger partial charge in [0.15, 0.2) is 0 Å². The molecule has 0 fully saturated rings. The van der Waals surface area contributed by atoms with Crippen LogP contribution in [-0.2, 0) is 5.31 Å². The molecule has 14 rings (SSSR count). The zero-order valence-corrected chi connectivity index (χ0v) is 40.4. The fraction of sp³-hybridized carbons (Fsp3) is 0.0429. The number of rotatable bonds is 4. The quantitative estimate of drug-likeness (QED) is 0.165. The molecule has 3 heteroatoms. The van der Waals surface area contributed by atoms with Crippen LogP contribution in [0.2, 0.25) is 0 Å². The number of fused-ring (bicyclic) bond motifs is 19. The second-order valence-electron chi connectivity index (χ2n) is 20.1. The van der Waals surface area contributed by atoms with E-state index in [1.165, 1.54) is 44.5 Å². The first-order chi connectivity index (χ1) is 35.8. The fourth-order valence-corrected chi connectivity index (χ4v) is 12.1. The Morgan fingerprint density at radius 1 is 0.329 bits per heavy atom. The first-order valence-electron chi connectivity index (χ1n) is 25.0. The van der Waals surface area contributed by atoms with Gasteiger partial charge in [-0.3, -0.25) is 0 Å². The van der Waals surface area contributed by atoms with Crippen molar-refractivity contribution in [3.63, 3.8) is 0 Å². The zero-order valence-electron chi connectivity index (χ0n) is 40.4. The van der Waals surface area contributed by atoms with E-state index in [2.05, 4.69) is 232 Å². The third kappa shape index (κ3) is 6.72. The summed E-state index contributed by atoms with van der Waals surface area (Å²) in [5.41, 5.74) is 28.3. The van der Waals surface area contributed by atoms with Gasteiger partial charge >= 0.3 is 0 Å². The summed E-state index contributed by atoms with van der Waals surface area (Å²) >= 11 is 0. The van der Waals surface area contributed by atoms with Crippen molar-refractivity contribution in [3.05, 3.63) is 242 Å². The van der Waals surface area contributed by atoms with Crippen molar-refractivity contribution in [2.24, 2.45) is 0 Å². The highest BCUT2D eigenvalue weighted by Crippen LogP contribution is 2.53. The van der Waals surface area contributed by atoms with Crippen LogP contribution in [0, 0.1) is 11.3 Å². The van der Waals surface area contributed by atoms with Crippen LogP contribution in [0.3, 0.4) is 0 Å². The van der Waals surface area contributed by atoms with E-state index in [1.807, 2.05) is 18.2 Å². The van der Waals surface area contributed by atoms with E-state index in [1.54, 1.807) is 0 Å². The lowest BCUT2D eigenvalue weighted by Gasteiger charge is -2.29. The number of nitriles is 1. The molecule has 0 N–H and O–H groups in total. The molecule has 0 aliphatic heterocycles. The predicted octanol–water partition coefficient (Wildman–Crippen LogP) is 18.8. The van der Waals surface area contributed by atoms with Crippen molar-refractivity contribution in [1.82, 2.24) is 0 Å². The molecule has 2 aliphatic carbocycles. The summed E-state index contributed by atoms with van der Waals surface area (Å²) in [5, 5.41) is 11.8. The third-order valence-electron chi connectivity index (χ3n) is 15.3. The Balaban J connectivity index is 0.972. The molecular formula is C70H44BNO. The highest BCUT2D eigenvalue weighted by Gasteiger charge is 2.29. The average Bonchev–Trinajstić information content (AvgIpc) is 3.82. The van der Waals surface area contributed by atoms with Gasteiger partial charge in [0.2, 0.25) is 0 Å². The Bertz CT molecular complexity index is 4320. The van der Waals surface area contributed by atoms with Crippen molar-refractivity contribution in [2.45, 2.75) is 19.2 Å². The summed E-state index contributed by atoms with van der Waals surface area (Å²) in [7, 11) is 7.40. The Labute approximate surface area is 426 Å². The molecule has 1 aromatic heterocycles. The fourth-order valence-electron chi connectivity index (χ4n) is 12.1. The summed E-state index contributed by atoms with van der Waals surface area (Å²) in [6, 6.07) is 85.6. The van der Waals surface area contributed by atoms with Gasteiger partial charge < -0.3 is 4.42 Å². The third-order valence-corrected chi connectivity index (χ3v) is 15.3. The number of furan rings is 1. The van der Waals surface area contributed by atoms with Crippen molar-refractivity contribution in [2.75, 3.05) is 0 Å². The van der Waals surface area contributed by atoms with Gasteiger partial charge in [0, 0.05) is 16.3 Å². The molecule has 338 valence electrons. The lowest BCUT2D eigenvalue weighted by atomic mass is 9.63. The van der Waals surface area contributed by atoms with Gasteiger partial charge in [0.1, 0.15) is 11.2 Å². The van der Waals surface area contributed by atoms with E-state index in [0.29, 0.717) is 5.56 Å². The molecular weight excluding hydrogens is 882 g/mol. The Kier molecular flexibility index (Phi) is 9.59. The Morgan fingerprint density at radius 2 is 0.658 bits per heavy atom. The molecule has 0 atom stereocenters. The number of para-hydroxylation sites is 2. The van der Waals surface area contributed by atoms with Crippen molar-refractivity contribution < 1.29 is 4.42 Å². The minimum absolute atomic E-state index is 0.615. The van der Waals surface area contributed by atoms with Gasteiger partial charge in [0.25, 0.3) is 0 Å². The van der Waals surface area contributed by atoms with Gasteiger partial charge in [0.05, 0.1) is 19.5 Å². The Hall–Kier alpha value is -9.23. The number of benzene rings is 11. The van der Waals surface area contributed by atoms with Crippen molar-refractivity contribution >= 4 is 29.8 Å². The summed E-state index contributed by atoms with van der Waals surface area (Å²) in [6.07, 6.45) is 0. The normalized spacial score (nSPS) is 12.0. The van der Waals surface area contributed by atoms with Gasteiger partial charge in [-0.25, -0.2) is 0 Å². The standard InChI is InChI=1S/C70H44BNO/c1-70(2,71)68-46(43-30-34-57-53-19-6-5-17-51(53)49-15-3-4-16-50(49)52-18-7-8-20-54(52)64(57)38-43)24-13-25-47(68)44-31-35-59-58-36-32-45(48-26-14-27-62-61-23-11-12-28-67(61)73-69(48)62)40-65(58)56-22-10-9-21-55(56)63-37-42(41-72)29-33-60(63)66(59)39-44/h3-40H,1-2H3. The minimum Gasteiger partial charge on any atom is -0.455 e. The van der Waals surface area contributed by atoms with Crippen LogP contribution in [0.5, 0.6) is 0 Å². The van der Waals surface area contributed by atoms with Crippen molar-refractivity contribution in [3.8, 4) is 128 Å². The van der Waals surface area contributed by atoms with Gasteiger partial charge in [-0.1, -0.05) is 208 Å². The van der Waals surface area contributed by atoms with Crippen LogP contribution >= 0.6 is 0 Å². The molecule has 2 radical (unpaired) electrons. The topological polar surface area (TPSA) is 36.9 Å². The monoisotopic (exact) mass is 925 g/mol. The summed E-state index contributed by atoms with van der Waals surface area (Å²) in [6.45, 7) is 4.24. The molecule has 12 aromatic rings. The first kappa shape index (κ1) is 42.6. The first-order valence-corrected chi connectivity index (χ1v) is 25.0. The highest BCUT2D eigenvalue weighted by molar-refractivity contribution is 6.17. The smallest absolute Gasteiger partial charge is 0.143 e. The summed E-state index contributed by atoms with van der Waals surface area (Å²) in [4.78, 5) is 0. The molecule has 0 saturated heterocycles. The van der Waals surface area contributed by atoms with Crippen molar-refractivity contribution in [1.29, 1.82) is 5.26 Å². The van der Waals surface area contributed by atoms with Gasteiger partial charge in [-0.15, -0.1) is 0 Å². The molecule has 73 heavy (non-hydrogen) atoms. The van der Waals surface area contributed by atoms with Crippen LogP contribution in [0.25, 0.3) is 144 Å². The Morgan fingerprint density at radius 3 is 1.12 bits per heavy atom. The second-order valence-corrected chi connectivity index (χ2v) is 20.1. The summed E-state index contributed by atoms with van der Waals surface area (Å²) in [5.74, 6) is 0. The average molecular weight is 926 g/mol. The maximum Gasteiger partial charge on any atom is 0.143 e. The van der Waals surface area contributed by atoms with E-state index < -0.39 is 5.31 Å². The molecule has 1 heterocycles. The predicted molar refractivity (Wildman–Crippen MR) is 304 cm³/mol. The maximum atomic E-state index is 10.3. The van der Waals surface area contributed by atoms with Crippen LogP contribution in [0.1, 0.15) is 25.0 Å². The van der Waals surface area contributed by atoms with E-state index in [0.717, 1.165) is 105 Å². The highest BCUT2D eigenvalue weighted by atomic mass is 16.3. The molecule has 0 amide bonds. The largest absolute Gasteiger partial charge is 0.455 e. The van der Waals surface area contributed by atoms with E-state index in [-0.39, 0.29) is 0 Å². The molecule has 2 aliphatic rings. The van der Waals surface area contributed by atoms with E-state index in [9.17, 15) is 5.26 Å². The molecule has 0 bridgehead atoms. The van der Waals surface area contributed by atoms with Gasteiger partial charge in [-0.2, -0.15) is 5.26 Å². The number of hydrogen-bond acceptors (Lipinski definition) is 2. The molecule has 0 unspecified atom stereocenters. The SMILES string of the molecule is [B]C(C)(C)c1c(-c2ccc3c(c2)-c2ccccc2-c2ccccc2-c2ccccc2-3)cccc1-c1ccc2c(c1)-c1ccc(C#N)cc1-c1ccccc1-c1cc(-c3cccc4c3oc3ccccc34)ccc1-2. The zero-order chi connectivity index (χ0) is 49.0. The minimum atomic E-state index is -0.728. The number of hydrogen-bond donors (Lipinski definition) is 0. The van der Waals surface area contributed by atoms with E-state index >= 15 is 0 Å². The van der Waals surface area contributed by atoms with Gasteiger partial charge in [-0.05, 0) is 164 Å². The van der Waals surface area contributed by atoms with Crippen LogP contribution < -0.4 is 0 Å². The molecule has 0 saturated carbocycles. The molecule has 11 aromatic carbocycles. The second kappa shape index (κ2) is 16.4. The molecule has 0 spiro atoms. The maximum absolute atomic E-state index is 10.3. The van der Waals surface area contributed by atoms with Crippen LogP contribution in [-0.4, -0.2) is 7.85 Å². The number of nitrogens with zero attached hydrogens (tertiary/aromatic N) is 1. The lowest BCUT2D eigenvalue weighted by molar-refractivity contribution is 0.670. The van der Waals surface area contributed by atoms with E-state index in [4.69, 9.17) is 12.3 Å². The summed E-state index contributed by atoms with van der Waals surface area (Å²) < 4.78 is 6.58. The van der Waals surface area contributed by atoms with Crippen LogP contribution in [0.15, 0.2) is 235 Å². The lowest BCUT2D eigenvalue weighted by Crippen LogP contribution is -2.19. The van der Waals surface area contributed by atoms with Crippen LogP contribution in [0.4, 0.5) is 0 Å². The molecule has 2 nitrogen and oxygen atoms in total.